The summed E-state index contributed by atoms with van der Waals surface area (Å²) in [4.78, 5) is 0. The first-order chi connectivity index (χ1) is 9.80. The molecule has 0 aromatic heterocycles. The lowest BCUT2D eigenvalue weighted by molar-refractivity contribution is -0.238. The summed E-state index contributed by atoms with van der Waals surface area (Å²) in [5.74, 6) is -0.359. The molecule has 0 aliphatic carbocycles. The lowest BCUT2D eigenvalue weighted by Gasteiger charge is -2.41. The summed E-state index contributed by atoms with van der Waals surface area (Å²) >= 11 is 6.17. The van der Waals surface area contributed by atoms with Crippen LogP contribution in [0.4, 0.5) is 0 Å². The number of rotatable bonds is 5. The molecule has 0 radical (unpaired) electrons. The largest absolute Gasteiger partial charge is 0.460 e. The normalized spacial score (nSPS) is 20.7. The quantitative estimate of drug-likeness (QED) is 0.893. The summed E-state index contributed by atoms with van der Waals surface area (Å²) in [5, 5.41) is 5.32. The topological polar surface area (TPSA) is 87.9 Å². The van der Waals surface area contributed by atoms with E-state index in [9.17, 15) is 8.42 Å². The Balaban J connectivity index is 2.38. The molecule has 1 aliphatic rings. The van der Waals surface area contributed by atoms with E-state index in [-0.39, 0.29) is 6.61 Å². The summed E-state index contributed by atoms with van der Waals surface area (Å²) in [5.41, 5.74) is 0.642. The van der Waals surface area contributed by atoms with Crippen LogP contribution in [0, 0.1) is 0 Å². The third kappa shape index (κ3) is 3.67. The van der Waals surface area contributed by atoms with Crippen molar-refractivity contribution in [1.29, 1.82) is 0 Å². The molecule has 2 N–H and O–H groups in total. The van der Waals surface area contributed by atoms with Crippen molar-refractivity contribution in [3.05, 3.63) is 28.8 Å². The van der Waals surface area contributed by atoms with Gasteiger partial charge in [0.25, 0.3) is 0 Å². The highest BCUT2D eigenvalue weighted by Crippen LogP contribution is 2.45. The van der Waals surface area contributed by atoms with Gasteiger partial charge in [-0.3, -0.25) is 4.18 Å². The van der Waals surface area contributed by atoms with Crippen molar-refractivity contribution in [3.63, 3.8) is 0 Å². The zero-order chi connectivity index (χ0) is 15.7. The molecular weight excluding hydrogens is 318 g/mol. The minimum Gasteiger partial charge on any atom is -0.460 e. The van der Waals surface area contributed by atoms with Gasteiger partial charge in [-0.05, 0) is 6.07 Å². The Morgan fingerprint density at radius 3 is 2.62 bits per heavy atom. The highest BCUT2D eigenvalue weighted by molar-refractivity contribution is 7.84. The Hall–Kier alpha value is -0.860. The molecule has 0 spiro atoms. The Bertz CT molecular complexity index is 615. The average Bonchev–Trinajstić information content (AvgIpc) is 2.44. The first-order valence-electron chi connectivity index (χ1n) is 6.62. The number of benzene rings is 1. The van der Waals surface area contributed by atoms with Crippen molar-refractivity contribution in [2.24, 2.45) is 5.14 Å². The SMILES string of the molecule is CCC1(CC)Oc2c(Cl)cccc2[C@@H](COS(N)(=O)=O)O1. The van der Waals surface area contributed by atoms with E-state index in [2.05, 4.69) is 4.18 Å². The molecule has 0 amide bonds. The average molecular weight is 336 g/mol. The van der Waals surface area contributed by atoms with Gasteiger partial charge in [0.2, 0.25) is 5.79 Å². The molecule has 0 fully saturated rings. The second kappa shape index (κ2) is 6.10. The second-order valence-electron chi connectivity index (χ2n) is 4.76. The first-order valence-corrected chi connectivity index (χ1v) is 8.47. The molecule has 1 heterocycles. The molecule has 8 heteroatoms. The lowest BCUT2D eigenvalue weighted by atomic mass is 10.0. The number of fused-ring (bicyclic) bond motifs is 1. The molecular formula is C13H18ClNO5S. The van der Waals surface area contributed by atoms with Gasteiger partial charge < -0.3 is 9.47 Å². The van der Waals surface area contributed by atoms with E-state index in [1.807, 2.05) is 13.8 Å². The Morgan fingerprint density at radius 2 is 2.05 bits per heavy atom. The molecule has 0 unspecified atom stereocenters. The van der Waals surface area contributed by atoms with E-state index in [4.69, 9.17) is 26.2 Å². The van der Waals surface area contributed by atoms with Crippen LogP contribution in [0.15, 0.2) is 18.2 Å². The van der Waals surface area contributed by atoms with E-state index in [1.165, 1.54) is 0 Å². The van der Waals surface area contributed by atoms with Crippen molar-refractivity contribution in [2.75, 3.05) is 6.61 Å². The number of para-hydroxylation sites is 1. The summed E-state index contributed by atoms with van der Waals surface area (Å²) in [7, 11) is -4.04. The molecule has 0 bridgehead atoms. The molecule has 1 aliphatic heterocycles. The third-order valence-corrected chi connectivity index (χ3v) is 4.21. The van der Waals surface area contributed by atoms with Crippen LogP contribution < -0.4 is 9.88 Å². The zero-order valence-electron chi connectivity index (χ0n) is 11.8. The van der Waals surface area contributed by atoms with Crippen LogP contribution in [-0.4, -0.2) is 20.8 Å². The Labute approximate surface area is 129 Å². The molecule has 1 aromatic rings. The molecule has 21 heavy (non-hydrogen) atoms. The molecule has 0 saturated carbocycles. The maximum atomic E-state index is 11.0. The summed E-state index contributed by atoms with van der Waals surface area (Å²) in [6, 6.07) is 5.20. The van der Waals surface area contributed by atoms with Crippen LogP contribution in [0.25, 0.3) is 0 Å². The van der Waals surface area contributed by atoms with E-state index < -0.39 is 22.2 Å². The predicted molar refractivity (Wildman–Crippen MR) is 78.3 cm³/mol. The zero-order valence-corrected chi connectivity index (χ0v) is 13.4. The van der Waals surface area contributed by atoms with Crippen LogP contribution in [0.3, 0.4) is 0 Å². The number of ether oxygens (including phenoxy) is 2. The van der Waals surface area contributed by atoms with Gasteiger partial charge in [0.05, 0.1) is 11.6 Å². The molecule has 0 saturated heterocycles. The van der Waals surface area contributed by atoms with Gasteiger partial charge in [-0.2, -0.15) is 8.42 Å². The van der Waals surface area contributed by atoms with Gasteiger partial charge in [0.1, 0.15) is 11.9 Å². The number of hydrogen-bond acceptors (Lipinski definition) is 5. The standard InChI is InChI=1S/C13H18ClNO5S/c1-3-13(4-2)19-11(8-18-21(15,16)17)9-6-5-7-10(14)12(9)20-13/h5-7,11H,3-4,8H2,1-2H3,(H2,15,16,17)/t11-/m1/s1. The summed E-state index contributed by atoms with van der Waals surface area (Å²) < 4.78 is 38.5. The second-order valence-corrected chi connectivity index (χ2v) is 6.39. The summed E-state index contributed by atoms with van der Waals surface area (Å²) in [6.07, 6.45) is 0.547. The molecule has 2 rings (SSSR count). The van der Waals surface area contributed by atoms with Crippen molar-refractivity contribution >= 4 is 21.9 Å². The Kier molecular flexibility index (Phi) is 4.79. The van der Waals surface area contributed by atoms with Gasteiger partial charge in [-0.1, -0.05) is 37.6 Å². The molecule has 1 aromatic carbocycles. The van der Waals surface area contributed by atoms with Crippen LogP contribution in [-0.2, 0) is 19.2 Å². The smallest absolute Gasteiger partial charge is 0.333 e. The molecule has 1 atom stereocenters. The summed E-state index contributed by atoms with van der Waals surface area (Å²) in [6.45, 7) is 3.61. The van der Waals surface area contributed by atoms with E-state index in [1.54, 1.807) is 18.2 Å². The lowest BCUT2D eigenvalue weighted by Crippen LogP contribution is -2.44. The van der Waals surface area contributed by atoms with Gasteiger partial charge in [-0.15, -0.1) is 0 Å². The van der Waals surface area contributed by atoms with Crippen LogP contribution >= 0.6 is 11.6 Å². The van der Waals surface area contributed by atoms with Crippen LogP contribution in [0.5, 0.6) is 5.75 Å². The maximum absolute atomic E-state index is 11.0. The number of nitrogens with two attached hydrogens (primary N) is 1. The molecule has 6 nitrogen and oxygen atoms in total. The maximum Gasteiger partial charge on any atom is 0.333 e. The fraction of sp³-hybridized carbons (Fsp3) is 0.538. The van der Waals surface area contributed by atoms with Crippen molar-refractivity contribution in [2.45, 2.75) is 38.6 Å². The van der Waals surface area contributed by atoms with E-state index in [0.29, 0.717) is 29.2 Å². The van der Waals surface area contributed by atoms with E-state index in [0.717, 1.165) is 0 Å². The first kappa shape index (κ1) is 16.5. The molecule has 118 valence electrons. The monoisotopic (exact) mass is 335 g/mol. The third-order valence-electron chi connectivity index (χ3n) is 3.45. The number of halogens is 1. The van der Waals surface area contributed by atoms with Crippen molar-refractivity contribution in [1.82, 2.24) is 0 Å². The Morgan fingerprint density at radius 1 is 1.38 bits per heavy atom. The fourth-order valence-corrected chi connectivity index (χ4v) is 2.79. The van der Waals surface area contributed by atoms with Crippen LogP contribution in [0.2, 0.25) is 5.02 Å². The highest BCUT2D eigenvalue weighted by atomic mass is 35.5. The minimum atomic E-state index is -4.04. The minimum absolute atomic E-state index is 0.225. The number of hydrogen-bond donors (Lipinski definition) is 1. The fourth-order valence-electron chi connectivity index (χ4n) is 2.26. The van der Waals surface area contributed by atoms with E-state index >= 15 is 0 Å². The predicted octanol–water partition coefficient (Wildman–Crippen LogP) is 2.53. The van der Waals surface area contributed by atoms with Crippen molar-refractivity contribution in [3.8, 4) is 5.75 Å². The van der Waals surface area contributed by atoms with Gasteiger partial charge in [0.15, 0.2) is 0 Å². The van der Waals surface area contributed by atoms with Crippen molar-refractivity contribution < 1.29 is 22.1 Å². The van der Waals surface area contributed by atoms with Gasteiger partial charge in [0, 0.05) is 18.4 Å². The highest BCUT2D eigenvalue weighted by Gasteiger charge is 2.40. The van der Waals surface area contributed by atoms with Crippen LogP contribution in [0.1, 0.15) is 38.4 Å². The van der Waals surface area contributed by atoms with Gasteiger partial charge >= 0.3 is 10.3 Å². The van der Waals surface area contributed by atoms with Gasteiger partial charge in [-0.25, -0.2) is 5.14 Å².